The average Bonchev–Trinajstić information content (AvgIpc) is 3.33. The Morgan fingerprint density at radius 2 is 2.03 bits per heavy atom. The minimum Gasteiger partial charge on any atom is -0.344 e. The van der Waals surface area contributed by atoms with Crippen molar-refractivity contribution in [2.24, 2.45) is 0 Å². The molecular formula is C24H26N4O. The first-order chi connectivity index (χ1) is 14.3. The molecule has 1 aromatic carbocycles. The Morgan fingerprint density at radius 3 is 2.86 bits per heavy atom. The van der Waals surface area contributed by atoms with Crippen LogP contribution in [0.5, 0.6) is 0 Å². The van der Waals surface area contributed by atoms with E-state index in [1.165, 1.54) is 12.8 Å². The zero-order valence-corrected chi connectivity index (χ0v) is 16.5. The highest BCUT2D eigenvalue weighted by molar-refractivity contribution is 6.01. The van der Waals surface area contributed by atoms with Gasteiger partial charge in [0.1, 0.15) is 0 Å². The Hall–Kier alpha value is -2.92. The van der Waals surface area contributed by atoms with Crippen LogP contribution in [0, 0.1) is 0 Å². The Labute approximate surface area is 171 Å². The molecule has 1 amide bonds. The molecule has 0 bridgehead atoms. The van der Waals surface area contributed by atoms with E-state index in [1.54, 1.807) is 0 Å². The van der Waals surface area contributed by atoms with E-state index < -0.39 is 0 Å². The fraction of sp³-hybridized carbons (Fsp3) is 0.333. The van der Waals surface area contributed by atoms with Crippen molar-refractivity contribution in [2.45, 2.75) is 31.7 Å². The van der Waals surface area contributed by atoms with Gasteiger partial charge in [0.05, 0.1) is 17.9 Å². The molecule has 0 aromatic heterocycles. The SMILES string of the molecule is O=C(N[C@H](CN1CCCC1)c1ccccc1)c1cc2cn[nH]c3c-2c1CCC=C3. The maximum atomic E-state index is 13.4. The van der Waals surface area contributed by atoms with Crippen molar-refractivity contribution in [3.63, 3.8) is 0 Å². The van der Waals surface area contributed by atoms with E-state index in [-0.39, 0.29) is 11.9 Å². The minimum absolute atomic E-state index is 0.0112. The van der Waals surface area contributed by atoms with Crippen LogP contribution in [0.15, 0.2) is 48.7 Å². The molecule has 148 valence electrons. The summed E-state index contributed by atoms with van der Waals surface area (Å²) in [6.45, 7) is 3.08. The van der Waals surface area contributed by atoms with Crippen molar-refractivity contribution < 1.29 is 4.79 Å². The second-order valence-electron chi connectivity index (χ2n) is 8.04. The normalized spacial score (nSPS) is 17.4. The molecule has 0 saturated carbocycles. The maximum absolute atomic E-state index is 13.4. The number of amides is 1. The van der Waals surface area contributed by atoms with Gasteiger partial charge in [0, 0.05) is 23.2 Å². The molecule has 0 radical (unpaired) electrons. The fourth-order valence-corrected chi connectivity index (χ4v) is 4.66. The smallest absolute Gasteiger partial charge is 0.252 e. The van der Waals surface area contributed by atoms with Gasteiger partial charge in [-0.1, -0.05) is 36.4 Å². The molecule has 1 saturated heterocycles. The Morgan fingerprint density at radius 1 is 1.21 bits per heavy atom. The largest absolute Gasteiger partial charge is 0.344 e. The summed E-state index contributed by atoms with van der Waals surface area (Å²) in [6, 6.07) is 12.3. The van der Waals surface area contributed by atoms with Crippen LogP contribution in [-0.2, 0) is 6.42 Å². The van der Waals surface area contributed by atoms with Crippen LogP contribution in [0.25, 0.3) is 17.2 Å². The number of carbonyl (C=O) groups is 1. The molecule has 1 atom stereocenters. The van der Waals surface area contributed by atoms with Gasteiger partial charge in [-0.2, -0.15) is 5.10 Å². The summed E-state index contributed by atoms with van der Waals surface area (Å²) in [5.74, 6) is 0.0112. The van der Waals surface area contributed by atoms with E-state index in [4.69, 9.17) is 0 Å². The molecule has 2 heterocycles. The van der Waals surface area contributed by atoms with Crippen LogP contribution >= 0.6 is 0 Å². The van der Waals surface area contributed by atoms with Crippen LogP contribution in [-0.4, -0.2) is 40.6 Å². The van der Waals surface area contributed by atoms with Gasteiger partial charge < -0.3 is 10.2 Å². The van der Waals surface area contributed by atoms with Crippen LogP contribution in [0.3, 0.4) is 0 Å². The fourth-order valence-electron chi connectivity index (χ4n) is 4.66. The molecule has 4 aliphatic rings. The Balaban J connectivity index is 1.46. The molecular weight excluding hydrogens is 360 g/mol. The Bertz CT molecular complexity index is 1000. The predicted octanol–water partition coefficient (Wildman–Crippen LogP) is 4.04. The molecule has 1 fully saturated rings. The molecule has 2 aliphatic carbocycles. The maximum Gasteiger partial charge on any atom is 0.252 e. The third-order valence-corrected chi connectivity index (χ3v) is 6.11. The number of H-pyrrole nitrogens is 1. The number of allylic oxidation sites excluding steroid dienone is 1. The van der Waals surface area contributed by atoms with Gasteiger partial charge >= 0.3 is 0 Å². The lowest BCUT2D eigenvalue weighted by atomic mass is 10.0. The van der Waals surface area contributed by atoms with Gasteiger partial charge in [0.15, 0.2) is 0 Å². The number of benzene rings is 1. The lowest BCUT2D eigenvalue weighted by molar-refractivity contribution is 0.0926. The predicted molar refractivity (Wildman–Crippen MR) is 115 cm³/mol. The second kappa shape index (κ2) is 7.84. The van der Waals surface area contributed by atoms with E-state index >= 15 is 0 Å². The Kier molecular flexibility index (Phi) is 4.90. The van der Waals surface area contributed by atoms with Gasteiger partial charge in [0.2, 0.25) is 0 Å². The van der Waals surface area contributed by atoms with E-state index in [2.05, 4.69) is 44.7 Å². The molecule has 1 aromatic rings. The summed E-state index contributed by atoms with van der Waals surface area (Å²) < 4.78 is 0. The molecule has 5 heteroatoms. The molecule has 2 N–H and O–H groups in total. The lowest BCUT2D eigenvalue weighted by Crippen LogP contribution is -2.37. The average molecular weight is 386 g/mol. The minimum atomic E-state index is -0.0138. The third kappa shape index (κ3) is 3.58. The first-order valence-corrected chi connectivity index (χ1v) is 10.5. The first-order valence-electron chi connectivity index (χ1n) is 10.5. The van der Waals surface area contributed by atoms with E-state index in [0.29, 0.717) is 0 Å². The first kappa shape index (κ1) is 18.1. The number of rotatable bonds is 5. The van der Waals surface area contributed by atoms with Crippen molar-refractivity contribution in [1.82, 2.24) is 20.4 Å². The quantitative estimate of drug-likeness (QED) is 0.696. The summed E-state index contributed by atoms with van der Waals surface area (Å²) in [6.07, 6.45) is 10.3. The van der Waals surface area contributed by atoms with Crippen molar-refractivity contribution in [2.75, 3.05) is 19.6 Å². The van der Waals surface area contributed by atoms with Crippen molar-refractivity contribution in [1.29, 1.82) is 0 Å². The molecule has 29 heavy (non-hydrogen) atoms. The summed E-state index contributed by atoms with van der Waals surface area (Å²) in [5.41, 5.74) is 6.23. The van der Waals surface area contributed by atoms with Crippen LogP contribution in [0.2, 0.25) is 0 Å². The van der Waals surface area contributed by atoms with Crippen LogP contribution in [0.4, 0.5) is 0 Å². The van der Waals surface area contributed by atoms with Crippen molar-refractivity contribution in [3.8, 4) is 11.1 Å². The van der Waals surface area contributed by atoms with Crippen LogP contribution in [0.1, 0.15) is 52.5 Å². The number of nitrogens with one attached hydrogen (secondary N) is 2. The molecule has 0 unspecified atom stereocenters. The van der Waals surface area contributed by atoms with E-state index in [1.807, 2.05) is 30.5 Å². The monoisotopic (exact) mass is 386 g/mol. The van der Waals surface area contributed by atoms with E-state index in [0.717, 1.165) is 66.0 Å². The number of carbonyl (C=O) groups excluding carboxylic acids is 1. The number of likely N-dealkylation sites (tertiary alicyclic amines) is 1. The van der Waals surface area contributed by atoms with Crippen molar-refractivity contribution >= 4 is 12.0 Å². The number of aromatic amines is 1. The van der Waals surface area contributed by atoms with Gasteiger partial charge in [-0.3, -0.25) is 9.89 Å². The number of aromatic nitrogens is 2. The standard InChI is InChI=1S/C24H26N4O/c29-24(20-14-18-15-25-27-21-11-5-4-10-19(20)23(18)21)26-22(16-28-12-6-7-13-28)17-8-2-1-3-9-17/h1-3,5,8-9,11,14-15,22,27H,4,6-7,10,12-13,16H2,(H,26,29)/t22-/m1/s1. The highest BCUT2D eigenvalue weighted by atomic mass is 16.1. The van der Waals surface area contributed by atoms with Gasteiger partial charge in [-0.15, -0.1) is 0 Å². The third-order valence-electron chi connectivity index (χ3n) is 6.11. The van der Waals surface area contributed by atoms with Crippen LogP contribution < -0.4 is 5.32 Å². The molecule has 5 rings (SSSR count). The highest BCUT2D eigenvalue weighted by Gasteiger charge is 2.27. The topological polar surface area (TPSA) is 61.0 Å². The number of nitrogens with zero attached hydrogens (tertiary/aromatic N) is 2. The van der Waals surface area contributed by atoms with Gasteiger partial charge in [0.25, 0.3) is 5.91 Å². The van der Waals surface area contributed by atoms with Crippen molar-refractivity contribution in [3.05, 3.63) is 71.1 Å². The highest BCUT2D eigenvalue weighted by Crippen LogP contribution is 2.36. The summed E-state index contributed by atoms with van der Waals surface area (Å²) in [5, 5.41) is 10.7. The van der Waals surface area contributed by atoms with E-state index in [9.17, 15) is 4.79 Å². The molecule has 5 nitrogen and oxygen atoms in total. The number of hydrogen-bond donors (Lipinski definition) is 2. The zero-order valence-electron chi connectivity index (χ0n) is 16.5. The summed E-state index contributed by atoms with van der Waals surface area (Å²) in [4.78, 5) is 15.9. The summed E-state index contributed by atoms with van der Waals surface area (Å²) >= 11 is 0. The second-order valence-corrected chi connectivity index (χ2v) is 8.04. The number of hydrogen-bond acceptors (Lipinski definition) is 3. The summed E-state index contributed by atoms with van der Waals surface area (Å²) in [7, 11) is 0. The van der Waals surface area contributed by atoms with Gasteiger partial charge in [-0.25, -0.2) is 0 Å². The van der Waals surface area contributed by atoms with Gasteiger partial charge in [-0.05, 0) is 62.0 Å². The molecule has 0 spiro atoms. The molecule has 2 aliphatic heterocycles. The zero-order chi connectivity index (χ0) is 19.6. The lowest BCUT2D eigenvalue weighted by Gasteiger charge is -2.25.